The Bertz CT molecular complexity index is 887. The highest BCUT2D eigenvalue weighted by Gasteiger charge is 2.38. The van der Waals surface area contributed by atoms with Crippen molar-refractivity contribution in [3.05, 3.63) is 27.2 Å². The maximum Gasteiger partial charge on any atom is 0.416 e. The summed E-state index contributed by atoms with van der Waals surface area (Å²) < 4.78 is 52.0. The maximum atomic E-state index is 13.9. The van der Waals surface area contributed by atoms with Gasteiger partial charge in [0.05, 0.1) is 23.4 Å². The van der Waals surface area contributed by atoms with Gasteiger partial charge >= 0.3 is 18.2 Å². The Hall–Kier alpha value is -2.01. The number of hydrogen-bond acceptors (Lipinski definition) is 6. The zero-order valence-corrected chi connectivity index (χ0v) is 21.1. The molecule has 11 heteroatoms. The summed E-state index contributed by atoms with van der Waals surface area (Å²) in [6, 6.07) is 0.541. The predicted octanol–water partition coefficient (Wildman–Crippen LogP) is 5.06. The Kier molecular flexibility index (Phi) is 8.67. The number of hydrogen-bond donors (Lipinski definition) is 1. The number of likely N-dealkylation sites (tertiary alicyclic amines) is 1. The first-order valence-electron chi connectivity index (χ1n) is 10.7. The van der Waals surface area contributed by atoms with Gasteiger partial charge in [-0.3, -0.25) is 4.90 Å². The summed E-state index contributed by atoms with van der Waals surface area (Å²) in [7, 11) is 1.63. The van der Waals surface area contributed by atoms with E-state index in [0.717, 1.165) is 6.07 Å². The van der Waals surface area contributed by atoms with E-state index in [1.807, 2.05) is 4.90 Å². The van der Waals surface area contributed by atoms with Crippen molar-refractivity contribution in [1.29, 1.82) is 0 Å². The van der Waals surface area contributed by atoms with Crippen LogP contribution in [0.25, 0.3) is 0 Å². The Morgan fingerprint density at radius 2 is 1.94 bits per heavy atom. The van der Waals surface area contributed by atoms with Crippen LogP contribution in [-0.2, 0) is 22.2 Å². The number of amides is 1. The molecule has 1 aliphatic rings. The van der Waals surface area contributed by atoms with Gasteiger partial charge in [-0.25, -0.2) is 9.59 Å². The lowest BCUT2D eigenvalue weighted by molar-refractivity contribution is -0.138. The van der Waals surface area contributed by atoms with Crippen LogP contribution in [0.4, 0.5) is 23.7 Å². The number of carbonyl (C=O) groups is 2. The third kappa shape index (κ3) is 6.99. The number of esters is 1. The van der Waals surface area contributed by atoms with Crippen molar-refractivity contribution >= 4 is 33.7 Å². The van der Waals surface area contributed by atoms with Crippen LogP contribution in [0.3, 0.4) is 0 Å². The summed E-state index contributed by atoms with van der Waals surface area (Å²) in [6.45, 7) is 7.76. The number of anilines is 1. The van der Waals surface area contributed by atoms with Gasteiger partial charge in [-0.1, -0.05) is 0 Å². The van der Waals surface area contributed by atoms with Crippen molar-refractivity contribution in [3.8, 4) is 0 Å². The second-order valence-corrected chi connectivity index (χ2v) is 9.81. The number of benzene rings is 1. The number of ether oxygens (including phenoxy) is 2. The number of halogens is 4. The molecule has 0 aromatic heterocycles. The zero-order valence-electron chi connectivity index (χ0n) is 19.5. The summed E-state index contributed by atoms with van der Waals surface area (Å²) in [5, 5.41) is 0. The molecule has 1 saturated heterocycles. The van der Waals surface area contributed by atoms with Gasteiger partial charge < -0.3 is 20.1 Å². The minimum atomic E-state index is -4.70. The Balaban J connectivity index is 2.31. The largest absolute Gasteiger partial charge is 0.462 e. The van der Waals surface area contributed by atoms with E-state index in [4.69, 9.17) is 15.2 Å². The van der Waals surface area contributed by atoms with Crippen LogP contribution in [0.1, 0.15) is 62.0 Å². The van der Waals surface area contributed by atoms with Crippen LogP contribution in [0.5, 0.6) is 0 Å². The Morgan fingerprint density at radius 3 is 2.48 bits per heavy atom. The average Bonchev–Trinajstić information content (AvgIpc) is 2.69. The van der Waals surface area contributed by atoms with Gasteiger partial charge in [-0.05, 0) is 74.6 Å². The molecule has 0 spiro atoms. The quantitative estimate of drug-likeness (QED) is 0.417. The highest BCUT2D eigenvalue weighted by Crippen LogP contribution is 2.40. The fourth-order valence-corrected chi connectivity index (χ4v) is 4.24. The molecule has 7 nitrogen and oxygen atoms in total. The van der Waals surface area contributed by atoms with Crippen LogP contribution in [0.2, 0.25) is 0 Å². The first-order valence-corrected chi connectivity index (χ1v) is 11.5. The van der Waals surface area contributed by atoms with E-state index in [9.17, 15) is 22.8 Å². The van der Waals surface area contributed by atoms with Gasteiger partial charge in [-0.2, -0.15) is 13.2 Å². The molecule has 0 unspecified atom stereocenters. The third-order valence-electron chi connectivity index (χ3n) is 5.30. The number of piperidine rings is 1. The molecule has 1 atom stereocenters. The molecule has 1 heterocycles. The van der Waals surface area contributed by atoms with Crippen LogP contribution in [-0.4, -0.2) is 60.2 Å². The van der Waals surface area contributed by atoms with E-state index in [-0.39, 0.29) is 40.5 Å². The van der Waals surface area contributed by atoms with Crippen molar-refractivity contribution < 1.29 is 32.2 Å². The molecule has 0 bridgehead atoms. The van der Waals surface area contributed by atoms with Gasteiger partial charge in [0, 0.05) is 30.7 Å². The summed E-state index contributed by atoms with van der Waals surface area (Å²) in [4.78, 5) is 27.9. The Labute approximate surface area is 200 Å². The smallest absolute Gasteiger partial charge is 0.416 e. The van der Waals surface area contributed by atoms with Crippen LogP contribution in [0.15, 0.2) is 10.5 Å². The highest BCUT2D eigenvalue weighted by molar-refractivity contribution is 9.10. The molecular weight excluding hydrogens is 507 g/mol. The van der Waals surface area contributed by atoms with Crippen molar-refractivity contribution in [1.82, 2.24) is 9.80 Å². The topological polar surface area (TPSA) is 85.1 Å². The SMILES string of the molecule is CCOC(=O)c1cc(C(F)(F)F)c(CN2CCC[C@H](N(C)C(=O)OC(C)(C)C)C2)c(Br)c1N. The number of rotatable bonds is 5. The number of nitrogens with two attached hydrogens (primary N) is 1. The number of nitrogens with zero attached hydrogens (tertiary/aromatic N) is 2. The van der Waals surface area contributed by atoms with Gasteiger partial charge in [0.25, 0.3) is 0 Å². The van der Waals surface area contributed by atoms with E-state index in [2.05, 4.69) is 15.9 Å². The fraction of sp³-hybridized carbons (Fsp3) is 0.636. The average molecular weight is 538 g/mol. The van der Waals surface area contributed by atoms with Crippen molar-refractivity contribution in [2.24, 2.45) is 0 Å². The molecule has 33 heavy (non-hydrogen) atoms. The van der Waals surface area contributed by atoms with E-state index >= 15 is 0 Å². The van der Waals surface area contributed by atoms with Crippen LogP contribution in [0, 0.1) is 0 Å². The van der Waals surface area contributed by atoms with Crippen molar-refractivity contribution in [3.63, 3.8) is 0 Å². The first kappa shape index (κ1) is 27.2. The molecule has 2 N–H and O–H groups in total. The van der Waals surface area contributed by atoms with Gasteiger partial charge in [0.1, 0.15) is 5.60 Å². The lowest BCUT2D eigenvalue weighted by Gasteiger charge is -2.38. The molecule has 1 aromatic carbocycles. The number of alkyl halides is 3. The number of likely N-dealkylation sites (N-methyl/N-ethyl adjacent to an activating group) is 1. The molecule has 1 aromatic rings. The first-order chi connectivity index (χ1) is 15.2. The van der Waals surface area contributed by atoms with E-state index in [0.29, 0.717) is 25.9 Å². The summed E-state index contributed by atoms with van der Waals surface area (Å²) in [5.41, 5.74) is 3.91. The van der Waals surface area contributed by atoms with E-state index < -0.39 is 29.4 Å². The van der Waals surface area contributed by atoms with E-state index in [1.165, 1.54) is 4.90 Å². The minimum absolute atomic E-state index is 0.0132. The van der Waals surface area contributed by atoms with Gasteiger partial charge in [0.15, 0.2) is 0 Å². The lowest BCUT2D eigenvalue weighted by atomic mass is 9.98. The van der Waals surface area contributed by atoms with Crippen LogP contribution < -0.4 is 5.73 Å². The molecular formula is C22H31BrF3N3O4. The summed E-state index contributed by atoms with van der Waals surface area (Å²) in [6.07, 6.45) is -3.76. The molecule has 186 valence electrons. The molecule has 0 saturated carbocycles. The fourth-order valence-electron chi connectivity index (χ4n) is 3.69. The lowest BCUT2D eigenvalue weighted by Crippen LogP contribution is -2.49. The van der Waals surface area contributed by atoms with Crippen LogP contribution >= 0.6 is 15.9 Å². The van der Waals surface area contributed by atoms with Crippen molar-refractivity contribution in [2.75, 3.05) is 32.5 Å². The standard InChI is InChI=1S/C22H31BrF3N3O4/c1-6-32-19(30)14-10-16(22(24,25)26)15(17(23)18(14)27)12-29-9-7-8-13(11-29)28(5)20(31)33-21(2,3)4/h10,13H,6-9,11-12,27H2,1-5H3/t13-/m0/s1. The second kappa shape index (κ2) is 10.5. The molecule has 1 amide bonds. The highest BCUT2D eigenvalue weighted by atomic mass is 79.9. The maximum absolute atomic E-state index is 13.9. The second-order valence-electron chi connectivity index (χ2n) is 9.02. The summed E-state index contributed by atoms with van der Waals surface area (Å²) in [5.74, 6) is -0.912. The third-order valence-corrected chi connectivity index (χ3v) is 6.20. The molecule has 0 aliphatic carbocycles. The number of carbonyl (C=O) groups excluding carboxylic acids is 2. The minimum Gasteiger partial charge on any atom is -0.462 e. The Morgan fingerprint density at radius 1 is 1.30 bits per heavy atom. The molecule has 1 aliphatic heterocycles. The number of nitrogen functional groups attached to an aromatic ring is 1. The summed E-state index contributed by atoms with van der Waals surface area (Å²) >= 11 is 3.18. The van der Waals surface area contributed by atoms with E-state index in [1.54, 1.807) is 34.7 Å². The van der Waals surface area contributed by atoms with Gasteiger partial charge in [-0.15, -0.1) is 0 Å². The van der Waals surface area contributed by atoms with Gasteiger partial charge in [0.2, 0.25) is 0 Å². The molecule has 0 radical (unpaired) electrons. The normalized spacial score (nSPS) is 17.5. The van der Waals surface area contributed by atoms with Crippen molar-refractivity contribution in [2.45, 2.75) is 64.9 Å². The zero-order chi connectivity index (χ0) is 25.1. The monoisotopic (exact) mass is 537 g/mol. The molecule has 2 rings (SSSR count). The predicted molar refractivity (Wildman–Crippen MR) is 122 cm³/mol. The molecule has 1 fully saturated rings.